The first-order valence-corrected chi connectivity index (χ1v) is 9.99. The number of benzene rings is 2. The van der Waals surface area contributed by atoms with E-state index >= 15 is 0 Å². The van der Waals surface area contributed by atoms with Crippen LogP contribution >= 0.6 is 35.0 Å². The average Bonchev–Trinajstić information content (AvgIpc) is 2.62. The fourth-order valence-corrected chi connectivity index (χ4v) is 3.71. The standard InChI is InChI=1S/C19H19Cl2N3O2S/c1-12(14-6-8-15(9-7-14)22-13(2)25)23-24-19(26)11-27-10-16-17(20)4-3-5-18(16)21/h3-9H,10-11H2,1-2H3,(H,22,25)(H,24,26)/b23-12-. The summed E-state index contributed by atoms with van der Waals surface area (Å²) in [7, 11) is 0. The van der Waals surface area contributed by atoms with Crippen molar-refractivity contribution in [3.63, 3.8) is 0 Å². The van der Waals surface area contributed by atoms with E-state index in [2.05, 4.69) is 15.8 Å². The van der Waals surface area contributed by atoms with Crippen molar-refractivity contribution >= 4 is 58.2 Å². The number of carbonyl (C=O) groups excluding carboxylic acids is 2. The second kappa shape index (κ2) is 10.3. The Hall–Kier alpha value is -2.02. The highest BCUT2D eigenvalue weighted by atomic mass is 35.5. The van der Waals surface area contributed by atoms with Crippen molar-refractivity contribution in [2.24, 2.45) is 5.10 Å². The van der Waals surface area contributed by atoms with Gasteiger partial charge in [-0.05, 0) is 42.3 Å². The number of hydrogen-bond acceptors (Lipinski definition) is 4. The third-order valence-electron chi connectivity index (χ3n) is 3.51. The smallest absolute Gasteiger partial charge is 0.250 e. The number of nitrogens with zero attached hydrogens (tertiary/aromatic N) is 1. The normalized spacial score (nSPS) is 11.2. The molecule has 2 aromatic carbocycles. The minimum absolute atomic E-state index is 0.129. The van der Waals surface area contributed by atoms with Crippen LogP contribution in [0.4, 0.5) is 5.69 Å². The Bertz CT molecular complexity index is 834. The van der Waals surface area contributed by atoms with Crippen molar-refractivity contribution < 1.29 is 9.59 Å². The van der Waals surface area contributed by atoms with Crippen LogP contribution in [0.1, 0.15) is 25.0 Å². The minimum Gasteiger partial charge on any atom is -0.326 e. The highest BCUT2D eigenvalue weighted by Gasteiger charge is 2.08. The van der Waals surface area contributed by atoms with Gasteiger partial charge in [-0.15, -0.1) is 11.8 Å². The molecule has 0 aromatic heterocycles. The van der Waals surface area contributed by atoms with E-state index in [1.165, 1.54) is 18.7 Å². The van der Waals surface area contributed by atoms with Gasteiger partial charge in [0.05, 0.1) is 11.5 Å². The van der Waals surface area contributed by atoms with Crippen LogP contribution in [0.5, 0.6) is 0 Å². The highest BCUT2D eigenvalue weighted by molar-refractivity contribution is 7.99. The Labute approximate surface area is 172 Å². The quantitative estimate of drug-likeness (QED) is 0.499. The largest absolute Gasteiger partial charge is 0.326 e. The molecule has 8 heteroatoms. The van der Waals surface area contributed by atoms with Gasteiger partial charge in [-0.1, -0.05) is 41.4 Å². The molecule has 0 spiro atoms. The molecule has 0 radical (unpaired) electrons. The van der Waals surface area contributed by atoms with Crippen LogP contribution in [0.3, 0.4) is 0 Å². The fraction of sp³-hybridized carbons (Fsp3) is 0.211. The maximum absolute atomic E-state index is 12.0. The molecule has 2 N–H and O–H groups in total. The first kappa shape index (κ1) is 21.3. The topological polar surface area (TPSA) is 70.6 Å². The van der Waals surface area contributed by atoms with Gasteiger partial charge in [0.1, 0.15) is 0 Å². The summed E-state index contributed by atoms with van der Waals surface area (Å²) in [4.78, 5) is 23.0. The summed E-state index contributed by atoms with van der Waals surface area (Å²) in [5, 5.41) is 7.99. The van der Waals surface area contributed by atoms with Crippen molar-refractivity contribution in [3.05, 3.63) is 63.6 Å². The van der Waals surface area contributed by atoms with Gasteiger partial charge in [-0.2, -0.15) is 5.10 Å². The van der Waals surface area contributed by atoms with Crippen LogP contribution < -0.4 is 10.7 Å². The summed E-state index contributed by atoms with van der Waals surface area (Å²) in [5.41, 5.74) is 5.57. The van der Waals surface area contributed by atoms with Gasteiger partial charge in [0, 0.05) is 28.4 Å². The van der Waals surface area contributed by atoms with E-state index in [1.54, 1.807) is 37.3 Å². The Morgan fingerprint density at radius 2 is 1.67 bits per heavy atom. The number of hydrogen-bond donors (Lipinski definition) is 2. The first-order chi connectivity index (χ1) is 12.9. The van der Waals surface area contributed by atoms with Gasteiger partial charge in [-0.25, -0.2) is 5.43 Å². The molecular weight excluding hydrogens is 405 g/mol. The SMILES string of the molecule is CC(=O)Nc1ccc(/C(C)=N\NC(=O)CSCc2c(Cl)cccc2Cl)cc1. The van der Waals surface area contributed by atoms with Gasteiger partial charge < -0.3 is 5.32 Å². The Morgan fingerprint density at radius 3 is 2.26 bits per heavy atom. The van der Waals surface area contributed by atoms with Crippen LogP contribution in [0, 0.1) is 0 Å². The van der Waals surface area contributed by atoms with Crippen molar-refractivity contribution in [3.8, 4) is 0 Å². The van der Waals surface area contributed by atoms with Gasteiger partial charge in [0.2, 0.25) is 11.8 Å². The molecular formula is C19H19Cl2N3O2S. The molecule has 0 aliphatic heterocycles. The number of carbonyl (C=O) groups is 2. The van der Waals surface area contributed by atoms with E-state index in [9.17, 15) is 9.59 Å². The third kappa shape index (κ3) is 6.90. The van der Waals surface area contributed by atoms with Crippen molar-refractivity contribution in [2.45, 2.75) is 19.6 Å². The predicted octanol–water partition coefficient (Wildman–Crippen LogP) is 4.73. The molecule has 0 heterocycles. The summed E-state index contributed by atoms with van der Waals surface area (Å²) in [6.45, 7) is 3.25. The number of hydrazone groups is 1. The van der Waals surface area contributed by atoms with E-state index in [0.717, 1.165) is 11.1 Å². The molecule has 0 saturated heterocycles. The van der Waals surface area contributed by atoms with Crippen LogP contribution in [0.25, 0.3) is 0 Å². The number of rotatable bonds is 7. The lowest BCUT2D eigenvalue weighted by Crippen LogP contribution is -2.21. The summed E-state index contributed by atoms with van der Waals surface area (Å²) >= 11 is 13.6. The molecule has 0 atom stereocenters. The Balaban J connectivity index is 1.84. The molecule has 0 aliphatic carbocycles. The van der Waals surface area contributed by atoms with Crippen LogP contribution in [0.2, 0.25) is 10.0 Å². The number of anilines is 1. The molecule has 0 fully saturated rings. The van der Waals surface area contributed by atoms with Gasteiger partial charge >= 0.3 is 0 Å². The number of nitrogens with one attached hydrogen (secondary N) is 2. The fourth-order valence-electron chi connectivity index (χ4n) is 2.16. The molecule has 0 unspecified atom stereocenters. The lowest BCUT2D eigenvalue weighted by molar-refractivity contribution is -0.118. The second-order valence-electron chi connectivity index (χ2n) is 5.68. The lowest BCUT2D eigenvalue weighted by atomic mass is 10.1. The van der Waals surface area contributed by atoms with E-state index in [4.69, 9.17) is 23.2 Å². The molecule has 27 heavy (non-hydrogen) atoms. The minimum atomic E-state index is -0.211. The van der Waals surface area contributed by atoms with Gasteiger partial charge in [0.25, 0.3) is 0 Å². The highest BCUT2D eigenvalue weighted by Crippen LogP contribution is 2.28. The van der Waals surface area contributed by atoms with E-state index in [1.807, 2.05) is 12.1 Å². The number of halogens is 2. The maximum atomic E-state index is 12.0. The van der Waals surface area contributed by atoms with Crippen molar-refractivity contribution in [1.82, 2.24) is 5.43 Å². The average molecular weight is 424 g/mol. The summed E-state index contributed by atoms with van der Waals surface area (Å²) < 4.78 is 0. The van der Waals surface area contributed by atoms with Crippen LogP contribution in [0.15, 0.2) is 47.6 Å². The zero-order chi connectivity index (χ0) is 19.8. The van der Waals surface area contributed by atoms with Crippen molar-refractivity contribution in [1.29, 1.82) is 0 Å². The zero-order valence-corrected chi connectivity index (χ0v) is 17.2. The summed E-state index contributed by atoms with van der Waals surface area (Å²) in [6.07, 6.45) is 0. The Kier molecular flexibility index (Phi) is 8.16. The maximum Gasteiger partial charge on any atom is 0.250 e. The molecule has 2 amide bonds. The molecule has 5 nitrogen and oxygen atoms in total. The Morgan fingerprint density at radius 1 is 1.04 bits per heavy atom. The molecule has 0 aliphatic rings. The first-order valence-electron chi connectivity index (χ1n) is 8.08. The molecule has 0 saturated carbocycles. The summed E-state index contributed by atoms with van der Waals surface area (Å²) in [6, 6.07) is 12.5. The van der Waals surface area contributed by atoms with Crippen LogP contribution in [-0.4, -0.2) is 23.3 Å². The van der Waals surface area contributed by atoms with Crippen LogP contribution in [-0.2, 0) is 15.3 Å². The second-order valence-corrected chi connectivity index (χ2v) is 7.48. The monoisotopic (exact) mass is 423 g/mol. The summed E-state index contributed by atoms with van der Waals surface area (Å²) in [5.74, 6) is 0.437. The number of amides is 2. The molecule has 142 valence electrons. The molecule has 2 rings (SSSR count). The third-order valence-corrected chi connectivity index (χ3v) is 5.18. The zero-order valence-electron chi connectivity index (χ0n) is 14.9. The number of thioether (sulfide) groups is 1. The van der Waals surface area contributed by atoms with E-state index in [0.29, 0.717) is 27.2 Å². The molecule has 2 aromatic rings. The van der Waals surface area contributed by atoms with Crippen molar-refractivity contribution in [2.75, 3.05) is 11.1 Å². The lowest BCUT2D eigenvalue weighted by Gasteiger charge is -2.07. The van der Waals surface area contributed by atoms with Gasteiger partial charge in [-0.3, -0.25) is 9.59 Å². The van der Waals surface area contributed by atoms with Gasteiger partial charge in [0.15, 0.2) is 0 Å². The van der Waals surface area contributed by atoms with E-state index < -0.39 is 0 Å². The predicted molar refractivity (Wildman–Crippen MR) is 114 cm³/mol. The van der Waals surface area contributed by atoms with E-state index in [-0.39, 0.29) is 17.6 Å². The molecule has 0 bridgehead atoms.